The molecule has 1 aromatic carbocycles. The van der Waals surface area contributed by atoms with Gasteiger partial charge in [-0.25, -0.2) is 9.78 Å². The average molecular weight is 232 g/mol. The zero-order chi connectivity index (χ0) is 12.4. The van der Waals surface area contributed by atoms with E-state index < -0.39 is 5.97 Å². The third-order valence-electron chi connectivity index (χ3n) is 2.41. The Kier molecular flexibility index (Phi) is 2.91. The molecule has 2 rings (SSSR count). The van der Waals surface area contributed by atoms with E-state index in [1.165, 1.54) is 14.2 Å². The number of methoxy groups -OCH3 is 2. The Balaban J connectivity index is 2.78. The van der Waals surface area contributed by atoms with E-state index >= 15 is 0 Å². The van der Waals surface area contributed by atoms with Gasteiger partial charge in [-0.05, 0) is 19.1 Å². The summed E-state index contributed by atoms with van der Waals surface area (Å²) < 4.78 is 9.87. The summed E-state index contributed by atoms with van der Waals surface area (Å²) in [6.45, 7) is 1.84. The first-order chi connectivity index (χ1) is 8.17. The fourth-order valence-corrected chi connectivity index (χ4v) is 1.63. The van der Waals surface area contributed by atoms with Crippen LogP contribution in [0.4, 0.5) is 0 Å². The van der Waals surface area contributed by atoms with Gasteiger partial charge < -0.3 is 9.47 Å². The van der Waals surface area contributed by atoms with E-state index in [1.54, 1.807) is 18.3 Å². The van der Waals surface area contributed by atoms with E-state index in [0.29, 0.717) is 22.3 Å². The standard InChI is InChI=1S/C12H12N2O3/c1-7-6-13-11-8(14-7)4-5-9(16-2)10(11)12(15)17-3/h4-6H,1-3H3. The largest absolute Gasteiger partial charge is 0.496 e. The van der Waals surface area contributed by atoms with E-state index in [1.807, 2.05) is 6.92 Å². The normalized spacial score (nSPS) is 10.3. The van der Waals surface area contributed by atoms with Crippen LogP contribution >= 0.6 is 0 Å². The molecular weight excluding hydrogens is 220 g/mol. The van der Waals surface area contributed by atoms with E-state index in [4.69, 9.17) is 9.47 Å². The average Bonchev–Trinajstić information content (AvgIpc) is 2.36. The highest BCUT2D eigenvalue weighted by Gasteiger charge is 2.18. The van der Waals surface area contributed by atoms with Crippen molar-refractivity contribution in [2.45, 2.75) is 6.92 Å². The summed E-state index contributed by atoms with van der Waals surface area (Å²) in [6.07, 6.45) is 1.61. The van der Waals surface area contributed by atoms with Crippen molar-refractivity contribution in [1.29, 1.82) is 0 Å². The Morgan fingerprint density at radius 3 is 2.71 bits per heavy atom. The highest BCUT2D eigenvalue weighted by atomic mass is 16.5. The van der Waals surface area contributed by atoms with Gasteiger partial charge in [0.1, 0.15) is 16.8 Å². The van der Waals surface area contributed by atoms with Gasteiger partial charge in [0.15, 0.2) is 0 Å². The second-order valence-corrected chi connectivity index (χ2v) is 3.51. The van der Waals surface area contributed by atoms with Crippen LogP contribution in [0.2, 0.25) is 0 Å². The van der Waals surface area contributed by atoms with Crippen molar-refractivity contribution in [3.05, 3.63) is 29.6 Å². The second-order valence-electron chi connectivity index (χ2n) is 3.51. The number of aromatic nitrogens is 2. The molecule has 2 aromatic rings. The van der Waals surface area contributed by atoms with Crippen LogP contribution in [-0.2, 0) is 4.74 Å². The number of hydrogen-bond donors (Lipinski definition) is 0. The summed E-state index contributed by atoms with van der Waals surface area (Å²) in [5.41, 5.74) is 2.23. The number of carbonyl (C=O) groups excluding carboxylic acids is 1. The van der Waals surface area contributed by atoms with Crippen molar-refractivity contribution in [2.75, 3.05) is 14.2 Å². The number of rotatable bonds is 2. The summed E-state index contributed by atoms with van der Waals surface area (Å²) in [7, 11) is 2.82. The minimum atomic E-state index is -0.481. The van der Waals surface area contributed by atoms with Crippen molar-refractivity contribution in [3.8, 4) is 5.75 Å². The Hall–Kier alpha value is -2.17. The van der Waals surface area contributed by atoms with Crippen molar-refractivity contribution in [3.63, 3.8) is 0 Å². The molecule has 0 saturated heterocycles. The van der Waals surface area contributed by atoms with Gasteiger partial charge in [0, 0.05) is 6.20 Å². The first-order valence-corrected chi connectivity index (χ1v) is 5.06. The lowest BCUT2D eigenvalue weighted by molar-refractivity contribution is 0.0599. The summed E-state index contributed by atoms with van der Waals surface area (Å²) >= 11 is 0. The van der Waals surface area contributed by atoms with Gasteiger partial charge in [-0.2, -0.15) is 0 Å². The first kappa shape index (κ1) is 11.3. The van der Waals surface area contributed by atoms with E-state index in [2.05, 4.69) is 9.97 Å². The van der Waals surface area contributed by atoms with Gasteiger partial charge in [-0.1, -0.05) is 0 Å². The molecule has 0 fully saturated rings. The number of hydrogen-bond acceptors (Lipinski definition) is 5. The molecule has 0 aliphatic carbocycles. The van der Waals surface area contributed by atoms with Crippen LogP contribution in [0.5, 0.6) is 5.75 Å². The number of fused-ring (bicyclic) bond motifs is 1. The number of carbonyl (C=O) groups is 1. The fraction of sp³-hybridized carbons (Fsp3) is 0.250. The number of ether oxygens (including phenoxy) is 2. The second kappa shape index (κ2) is 4.37. The summed E-state index contributed by atoms with van der Waals surface area (Å²) in [5.74, 6) is -0.0480. The van der Waals surface area contributed by atoms with E-state index in [0.717, 1.165) is 5.69 Å². The van der Waals surface area contributed by atoms with Crippen LogP contribution in [-0.4, -0.2) is 30.2 Å². The molecule has 0 aliphatic heterocycles. The van der Waals surface area contributed by atoms with Gasteiger partial charge in [-0.3, -0.25) is 4.98 Å². The first-order valence-electron chi connectivity index (χ1n) is 5.06. The third-order valence-corrected chi connectivity index (χ3v) is 2.41. The van der Waals surface area contributed by atoms with Crippen molar-refractivity contribution >= 4 is 17.0 Å². The van der Waals surface area contributed by atoms with Crippen molar-refractivity contribution in [2.24, 2.45) is 0 Å². The summed E-state index contributed by atoms with van der Waals surface area (Å²) in [6, 6.07) is 3.45. The summed E-state index contributed by atoms with van der Waals surface area (Å²) in [5, 5.41) is 0. The number of esters is 1. The lowest BCUT2D eigenvalue weighted by Gasteiger charge is -2.09. The molecule has 0 aliphatic rings. The molecule has 0 radical (unpaired) electrons. The Bertz CT molecular complexity index is 581. The minimum absolute atomic E-state index is 0.306. The topological polar surface area (TPSA) is 61.3 Å². The van der Waals surface area contributed by atoms with Crippen molar-refractivity contribution < 1.29 is 14.3 Å². The number of benzene rings is 1. The molecular formula is C12H12N2O3. The highest BCUT2D eigenvalue weighted by molar-refractivity contribution is 6.04. The molecule has 88 valence electrons. The minimum Gasteiger partial charge on any atom is -0.496 e. The fourth-order valence-electron chi connectivity index (χ4n) is 1.63. The third kappa shape index (κ3) is 1.91. The molecule has 5 heteroatoms. The Labute approximate surface area is 98.4 Å². The molecule has 17 heavy (non-hydrogen) atoms. The SMILES string of the molecule is COC(=O)c1c(OC)ccc2nc(C)cnc12. The van der Waals surface area contributed by atoms with Crippen molar-refractivity contribution in [1.82, 2.24) is 9.97 Å². The van der Waals surface area contributed by atoms with Gasteiger partial charge in [0.2, 0.25) is 0 Å². The monoisotopic (exact) mass is 232 g/mol. The Morgan fingerprint density at radius 1 is 1.29 bits per heavy atom. The predicted octanol–water partition coefficient (Wildman–Crippen LogP) is 1.73. The van der Waals surface area contributed by atoms with Crippen LogP contribution in [0.15, 0.2) is 18.3 Å². The van der Waals surface area contributed by atoms with E-state index in [9.17, 15) is 4.79 Å². The lowest BCUT2D eigenvalue weighted by Crippen LogP contribution is -2.06. The maximum atomic E-state index is 11.7. The predicted molar refractivity (Wildman–Crippen MR) is 62.2 cm³/mol. The van der Waals surface area contributed by atoms with Crippen LogP contribution in [0.25, 0.3) is 11.0 Å². The zero-order valence-corrected chi connectivity index (χ0v) is 9.85. The zero-order valence-electron chi connectivity index (χ0n) is 9.85. The van der Waals surface area contributed by atoms with E-state index in [-0.39, 0.29) is 0 Å². The van der Waals surface area contributed by atoms with Crippen LogP contribution in [0.1, 0.15) is 16.1 Å². The molecule has 0 N–H and O–H groups in total. The molecule has 1 heterocycles. The Morgan fingerprint density at radius 2 is 2.06 bits per heavy atom. The smallest absolute Gasteiger partial charge is 0.343 e. The van der Waals surface area contributed by atoms with Gasteiger partial charge in [0.05, 0.1) is 25.4 Å². The van der Waals surface area contributed by atoms with Crippen LogP contribution < -0.4 is 4.74 Å². The van der Waals surface area contributed by atoms with Crippen LogP contribution in [0, 0.1) is 6.92 Å². The molecule has 0 spiro atoms. The lowest BCUT2D eigenvalue weighted by atomic mass is 10.1. The molecule has 0 saturated carbocycles. The van der Waals surface area contributed by atoms with Gasteiger partial charge in [0.25, 0.3) is 0 Å². The molecule has 1 aromatic heterocycles. The molecule has 0 unspecified atom stereocenters. The maximum absolute atomic E-state index is 11.7. The maximum Gasteiger partial charge on any atom is 0.343 e. The number of nitrogens with zero attached hydrogens (tertiary/aromatic N) is 2. The summed E-state index contributed by atoms with van der Waals surface area (Å²) in [4.78, 5) is 20.2. The highest BCUT2D eigenvalue weighted by Crippen LogP contribution is 2.26. The molecule has 0 atom stereocenters. The number of aryl methyl sites for hydroxylation is 1. The van der Waals surface area contributed by atoms with Crippen LogP contribution in [0.3, 0.4) is 0 Å². The van der Waals surface area contributed by atoms with Gasteiger partial charge >= 0.3 is 5.97 Å². The quantitative estimate of drug-likeness (QED) is 0.738. The molecule has 5 nitrogen and oxygen atoms in total. The van der Waals surface area contributed by atoms with Gasteiger partial charge in [-0.15, -0.1) is 0 Å². The molecule has 0 amide bonds. The molecule has 0 bridgehead atoms.